The predicted molar refractivity (Wildman–Crippen MR) is 143 cm³/mol. The molecule has 10 heteroatoms. The van der Waals surface area contributed by atoms with Crippen LogP contribution in [-0.4, -0.2) is 59.3 Å². The number of benzene rings is 3. The standard InChI is InChI=1S/C28H29ClN2O7/c1-31-26(15-7-9-21(35-3)22(11-15)36-4)25(27(32)30-19-12-16(29)8-10-20(19)34-2)17-13-23(37-5)24(38-6)14-18(17)28(31)33/h7-14,25-26H,1-6H3,(H,30,32)/t25-,26+/m0/s1. The van der Waals surface area contributed by atoms with E-state index < -0.39 is 12.0 Å². The summed E-state index contributed by atoms with van der Waals surface area (Å²) in [6.45, 7) is 0. The van der Waals surface area contributed by atoms with Crippen molar-refractivity contribution in [2.45, 2.75) is 12.0 Å². The summed E-state index contributed by atoms with van der Waals surface area (Å²) in [5, 5.41) is 3.38. The average Bonchev–Trinajstić information content (AvgIpc) is 2.93. The van der Waals surface area contributed by atoms with Gasteiger partial charge in [0, 0.05) is 17.6 Å². The Labute approximate surface area is 226 Å². The molecule has 0 aromatic heterocycles. The molecule has 0 radical (unpaired) electrons. The van der Waals surface area contributed by atoms with Gasteiger partial charge >= 0.3 is 0 Å². The molecule has 0 spiro atoms. The fourth-order valence-electron chi connectivity index (χ4n) is 4.77. The Bertz CT molecular complexity index is 1380. The number of anilines is 1. The van der Waals surface area contributed by atoms with E-state index in [0.29, 0.717) is 56.1 Å². The second-order valence-corrected chi connectivity index (χ2v) is 9.02. The molecule has 1 aliphatic heterocycles. The van der Waals surface area contributed by atoms with Gasteiger partial charge < -0.3 is 33.9 Å². The van der Waals surface area contributed by atoms with Crippen LogP contribution in [0.2, 0.25) is 5.02 Å². The monoisotopic (exact) mass is 540 g/mol. The van der Waals surface area contributed by atoms with Crippen LogP contribution in [0.15, 0.2) is 48.5 Å². The molecular formula is C28H29ClN2O7. The molecule has 0 fully saturated rings. The van der Waals surface area contributed by atoms with Crippen LogP contribution in [0.1, 0.15) is 33.4 Å². The Kier molecular flexibility index (Phi) is 7.87. The number of amides is 2. The summed E-state index contributed by atoms with van der Waals surface area (Å²) in [7, 11) is 9.22. The van der Waals surface area contributed by atoms with Crippen molar-refractivity contribution in [2.24, 2.45) is 0 Å². The number of nitrogens with one attached hydrogen (secondary N) is 1. The number of carbonyl (C=O) groups is 2. The number of hydrogen-bond donors (Lipinski definition) is 1. The lowest BCUT2D eigenvalue weighted by Gasteiger charge is -2.40. The summed E-state index contributed by atoms with van der Waals surface area (Å²) >= 11 is 6.21. The van der Waals surface area contributed by atoms with Crippen LogP contribution in [0.4, 0.5) is 5.69 Å². The number of methoxy groups -OCH3 is 5. The highest BCUT2D eigenvalue weighted by atomic mass is 35.5. The van der Waals surface area contributed by atoms with E-state index in [1.807, 2.05) is 6.07 Å². The van der Waals surface area contributed by atoms with Crippen molar-refractivity contribution in [3.63, 3.8) is 0 Å². The van der Waals surface area contributed by atoms with E-state index in [0.717, 1.165) is 0 Å². The minimum atomic E-state index is -0.853. The summed E-state index contributed by atoms with van der Waals surface area (Å²) in [6, 6.07) is 12.8. The Morgan fingerprint density at radius 1 is 0.789 bits per heavy atom. The Hall–Kier alpha value is -4.11. The van der Waals surface area contributed by atoms with Gasteiger partial charge in [0.2, 0.25) is 5.91 Å². The molecule has 4 rings (SSSR count). The van der Waals surface area contributed by atoms with Gasteiger partial charge in [-0.15, -0.1) is 0 Å². The molecule has 200 valence electrons. The van der Waals surface area contributed by atoms with E-state index >= 15 is 0 Å². The fraction of sp³-hybridized carbons (Fsp3) is 0.286. The molecule has 3 aromatic carbocycles. The normalized spacial score (nSPS) is 16.4. The minimum Gasteiger partial charge on any atom is -0.495 e. The smallest absolute Gasteiger partial charge is 0.254 e. The third kappa shape index (κ3) is 4.77. The summed E-state index contributed by atoms with van der Waals surface area (Å²) in [5.74, 6) is 0.717. The van der Waals surface area contributed by atoms with Crippen LogP contribution in [0.5, 0.6) is 28.7 Å². The maximum Gasteiger partial charge on any atom is 0.254 e. The molecule has 0 saturated heterocycles. The van der Waals surface area contributed by atoms with Gasteiger partial charge in [0.15, 0.2) is 23.0 Å². The first-order chi connectivity index (χ1) is 18.3. The third-order valence-corrected chi connectivity index (χ3v) is 6.86. The number of carbonyl (C=O) groups excluding carboxylic acids is 2. The molecule has 0 aliphatic carbocycles. The molecule has 0 unspecified atom stereocenters. The second kappa shape index (κ2) is 11.1. The van der Waals surface area contributed by atoms with Crippen molar-refractivity contribution in [3.05, 3.63) is 70.2 Å². The zero-order valence-electron chi connectivity index (χ0n) is 22.0. The first kappa shape index (κ1) is 26.9. The fourth-order valence-corrected chi connectivity index (χ4v) is 4.95. The van der Waals surface area contributed by atoms with E-state index in [2.05, 4.69) is 5.32 Å². The molecular weight excluding hydrogens is 512 g/mol. The highest BCUT2D eigenvalue weighted by Gasteiger charge is 2.44. The van der Waals surface area contributed by atoms with E-state index in [9.17, 15) is 9.59 Å². The topological polar surface area (TPSA) is 95.6 Å². The molecule has 0 saturated carbocycles. The van der Waals surface area contributed by atoms with Crippen molar-refractivity contribution in [1.82, 2.24) is 4.90 Å². The molecule has 9 nitrogen and oxygen atoms in total. The van der Waals surface area contributed by atoms with Crippen molar-refractivity contribution in [1.29, 1.82) is 0 Å². The first-order valence-corrected chi connectivity index (χ1v) is 12.0. The molecule has 1 N–H and O–H groups in total. The number of likely N-dealkylation sites (N-methyl/N-ethyl adjacent to an activating group) is 1. The molecule has 3 aromatic rings. The van der Waals surface area contributed by atoms with Crippen LogP contribution in [0.25, 0.3) is 0 Å². The summed E-state index contributed by atoms with van der Waals surface area (Å²) in [5.41, 5.74) is 1.90. The van der Waals surface area contributed by atoms with Crippen molar-refractivity contribution < 1.29 is 33.3 Å². The number of rotatable bonds is 8. The van der Waals surface area contributed by atoms with E-state index in [-0.39, 0.29) is 11.8 Å². The molecule has 38 heavy (non-hydrogen) atoms. The zero-order valence-corrected chi connectivity index (χ0v) is 22.7. The maximum absolute atomic E-state index is 14.1. The SMILES string of the molecule is COc1ccc(Cl)cc1NC(=O)[C@H]1c2cc(OC)c(OC)cc2C(=O)N(C)[C@@H]1c1ccc(OC)c(OC)c1. The van der Waals surface area contributed by atoms with Crippen molar-refractivity contribution >= 4 is 29.1 Å². The van der Waals surface area contributed by atoms with Crippen LogP contribution in [0.3, 0.4) is 0 Å². The van der Waals surface area contributed by atoms with Gasteiger partial charge in [-0.25, -0.2) is 0 Å². The first-order valence-electron chi connectivity index (χ1n) is 11.7. The molecule has 0 bridgehead atoms. The number of ether oxygens (including phenoxy) is 5. The van der Waals surface area contributed by atoms with Gasteiger partial charge in [0.25, 0.3) is 5.91 Å². The quantitative estimate of drug-likeness (QED) is 0.432. The molecule has 2 amide bonds. The largest absolute Gasteiger partial charge is 0.495 e. The van der Waals surface area contributed by atoms with Gasteiger partial charge in [0.1, 0.15) is 5.75 Å². The van der Waals surface area contributed by atoms with Crippen LogP contribution in [0, 0.1) is 0 Å². The number of fused-ring (bicyclic) bond motifs is 1. The molecule has 2 atom stereocenters. The van der Waals surface area contributed by atoms with E-state index in [1.165, 1.54) is 33.3 Å². The Balaban J connectivity index is 1.92. The lowest BCUT2D eigenvalue weighted by Crippen LogP contribution is -2.44. The summed E-state index contributed by atoms with van der Waals surface area (Å²) < 4.78 is 27.3. The lowest BCUT2D eigenvalue weighted by atomic mass is 9.79. The minimum absolute atomic E-state index is 0.273. The Morgan fingerprint density at radius 3 is 2.00 bits per heavy atom. The average molecular weight is 541 g/mol. The second-order valence-electron chi connectivity index (χ2n) is 8.58. The van der Waals surface area contributed by atoms with Crippen LogP contribution < -0.4 is 29.0 Å². The van der Waals surface area contributed by atoms with E-state index in [4.69, 9.17) is 35.3 Å². The predicted octanol–water partition coefficient (Wildman–Crippen LogP) is 4.93. The zero-order chi connectivity index (χ0) is 27.6. The van der Waals surface area contributed by atoms with Gasteiger partial charge in [-0.05, 0) is 53.6 Å². The summed E-state index contributed by atoms with van der Waals surface area (Å²) in [4.78, 5) is 29.3. The highest BCUT2D eigenvalue weighted by molar-refractivity contribution is 6.31. The number of hydrogen-bond acceptors (Lipinski definition) is 7. The van der Waals surface area contributed by atoms with Crippen molar-refractivity contribution in [2.75, 3.05) is 47.9 Å². The molecule has 1 heterocycles. The number of nitrogens with zero attached hydrogens (tertiary/aromatic N) is 1. The van der Waals surface area contributed by atoms with Crippen LogP contribution >= 0.6 is 11.6 Å². The van der Waals surface area contributed by atoms with Crippen molar-refractivity contribution in [3.8, 4) is 28.7 Å². The van der Waals surface area contributed by atoms with Gasteiger partial charge in [-0.3, -0.25) is 9.59 Å². The highest BCUT2D eigenvalue weighted by Crippen LogP contribution is 2.47. The van der Waals surface area contributed by atoms with E-state index in [1.54, 1.807) is 56.6 Å². The van der Waals surface area contributed by atoms with Crippen LogP contribution in [-0.2, 0) is 4.79 Å². The summed E-state index contributed by atoms with van der Waals surface area (Å²) in [6.07, 6.45) is 0. The Morgan fingerprint density at radius 2 is 1.37 bits per heavy atom. The van der Waals surface area contributed by atoms with Gasteiger partial charge in [-0.1, -0.05) is 17.7 Å². The van der Waals surface area contributed by atoms with Gasteiger partial charge in [0.05, 0.1) is 53.2 Å². The third-order valence-electron chi connectivity index (χ3n) is 6.63. The van der Waals surface area contributed by atoms with Gasteiger partial charge in [-0.2, -0.15) is 0 Å². The lowest BCUT2D eigenvalue weighted by molar-refractivity contribution is -0.119. The number of halogens is 1. The maximum atomic E-state index is 14.1. The molecule has 1 aliphatic rings.